The molecule has 0 radical (unpaired) electrons. The van der Waals surface area contributed by atoms with Gasteiger partial charge in [-0.15, -0.1) is 0 Å². The Balaban J connectivity index is 1.31. The van der Waals surface area contributed by atoms with Gasteiger partial charge in [0.15, 0.2) is 0 Å². The van der Waals surface area contributed by atoms with E-state index in [9.17, 15) is 0 Å². The maximum atomic E-state index is 2.36. The molecule has 44 heavy (non-hydrogen) atoms. The molecular formula is C42H32BN. The van der Waals surface area contributed by atoms with Gasteiger partial charge in [-0.3, -0.25) is 0 Å². The van der Waals surface area contributed by atoms with Gasteiger partial charge in [-0.05, 0) is 80.9 Å². The number of benzene rings is 7. The van der Waals surface area contributed by atoms with Crippen LogP contribution in [0.3, 0.4) is 0 Å². The molecule has 7 rings (SSSR count). The van der Waals surface area contributed by atoms with Crippen molar-refractivity contribution >= 4 is 30.4 Å². The Morgan fingerprint density at radius 1 is 0.295 bits per heavy atom. The van der Waals surface area contributed by atoms with Gasteiger partial charge >= 0.3 is 0 Å². The first-order valence-electron chi connectivity index (χ1n) is 15.1. The molecule has 0 bridgehead atoms. The van der Waals surface area contributed by atoms with Crippen LogP contribution >= 0.6 is 0 Å². The molecule has 0 heterocycles. The fraction of sp³-hybridized carbons (Fsp3) is 0. The van der Waals surface area contributed by atoms with Gasteiger partial charge in [0.25, 0.3) is 0 Å². The van der Waals surface area contributed by atoms with Crippen molar-refractivity contribution in [1.82, 2.24) is 0 Å². The maximum Gasteiger partial charge on any atom is 0.140 e. The van der Waals surface area contributed by atoms with Crippen LogP contribution in [0.2, 0.25) is 0 Å². The van der Waals surface area contributed by atoms with Gasteiger partial charge in [0, 0.05) is 17.1 Å². The van der Waals surface area contributed by atoms with Crippen LogP contribution in [0, 0.1) is 0 Å². The van der Waals surface area contributed by atoms with Gasteiger partial charge in [-0.25, -0.2) is 0 Å². The molecule has 0 spiro atoms. The molecule has 0 unspecified atom stereocenters. The van der Waals surface area contributed by atoms with E-state index in [-0.39, 0.29) is 0 Å². The first kappa shape index (κ1) is 27.3. The quantitative estimate of drug-likeness (QED) is 0.175. The molecule has 0 amide bonds. The Kier molecular flexibility index (Phi) is 7.64. The molecule has 0 atom stereocenters. The number of hydrogen-bond donors (Lipinski definition) is 0. The van der Waals surface area contributed by atoms with Crippen molar-refractivity contribution < 1.29 is 0 Å². The van der Waals surface area contributed by atoms with Gasteiger partial charge in [-0.2, -0.15) is 0 Å². The summed E-state index contributed by atoms with van der Waals surface area (Å²) in [5.74, 6) is 0. The van der Waals surface area contributed by atoms with Crippen LogP contribution in [0.5, 0.6) is 0 Å². The molecule has 0 saturated heterocycles. The van der Waals surface area contributed by atoms with E-state index in [1.807, 2.05) is 0 Å². The minimum atomic E-state index is 1.11. The van der Waals surface area contributed by atoms with Crippen LogP contribution in [-0.4, -0.2) is 7.85 Å². The molecule has 208 valence electrons. The van der Waals surface area contributed by atoms with E-state index in [1.54, 1.807) is 0 Å². The fourth-order valence-corrected chi connectivity index (χ4v) is 5.87. The van der Waals surface area contributed by atoms with Crippen LogP contribution in [0.1, 0.15) is 0 Å². The molecule has 0 aliphatic carbocycles. The maximum absolute atomic E-state index is 2.36. The fourth-order valence-electron chi connectivity index (χ4n) is 5.87. The first-order valence-corrected chi connectivity index (χ1v) is 15.1. The van der Waals surface area contributed by atoms with Gasteiger partial charge < -0.3 is 4.90 Å². The summed E-state index contributed by atoms with van der Waals surface area (Å²) in [6, 6.07) is 65.1. The number of nitrogens with zero attached hydrogens (tertiary/aromatic N) is 1. The Bertz CT molecular complexity index is 1980. The second-order valence-corrected chi connectivity index (χ2v) is 11.1. The molecule has 0 saturated carbocycles. The van der Waals surface area contributed by atoms with Crippen molar-refractivity contribution in [2.24, 2.45) is 0 Å². The Labute approximate surface area is 261 Å². The third-order valence-corrected chi connectivity index (χ3v) is 8.23. The predicted octanol–water partition coefficient (Wildman–Crippen LogP) is 10.1. The molecule has 2 heteroatoms. The van der Waals surface area contributed by atoms with E-state index in [1.165, 1.54) is 50.0 Å². The first-order chi connectivity index (χ1) is 21.7. The average Bonchev–Trinajstić information content (AvgIpc) is 3.11. The normalized spacial score (nSPS) is 10.8. The van der Waals surface area contributed by atoms with Crippen LogP contribution in [0.4, 0.5) is 17.1 Å². The summed E-state index contributed by atoms with van der Waals surface area (Å²) < 4.78 is 0. The number of rotatable bonds is 7. The Morgan fingerprint density at radius 3 is 1.27 bits per heavy atom. The van der Waals surface area contributed by atoms with E-state index >= 15 is 0 Å². The van der Waals surface area contributed by atoms with Crippen molar-refractivity contribution in [2.45, 2.75) is 0 Å². The van der Waals surface area contributed by atoms with Gasteiger partial charge in [0.2, 0.25) is 0 Å². The molecule has 0 aliphatic heterocycles. The summed E-state index contributed by atoms with van der Waals surface area (Å²) in [7, 11) is 2.19. The molecule has 1 nitrogen and oxygen atoms in total. The van der Waals surface area contributed by atoms with E-state index in [0.717, 1.165) is 17.1 Å². The van der Waals surface area contributed by atoms with Crippen molar-refractivity contribution in [2.75, 3.05) is 4.90 Å². The van der Waals surface area contributed by atoms with E-state index < -0.39 is 0 Å². The highest BCUT2D eigenvalue weighted by atomic mass is 15.1. The SMILES string of the molecule is Bc1ccc(N(c2ccc(-c3ccccc3)cc2)c2cccc(-c3ccc(-c4ccccc4)cc3)c2)cc1-c1ccccc1. The molecule has 7 aromatic rings. The zero-order valence-electron chi connectivity index (χ0n) is 24.8. The highest BCUT2D eigenvalue weighted by Gasteiger charge is 2.16. The third kappa shape index (κ3) is 5.71. The van der Waals surface area contributed by atoms with Crippen molar-refractivity contribution in [3.05, 3.63) is 182 Å². The molecule has 7 aromatic carbocycles. The van der Waals surface area contributed by atoms with Gasteiger partial charge in [-0.1, -0.05) is 151 Å². The molecular weight excluding hydrogens is 529 g/mol. The summed E-state index contributed by atoms with van der Waals surface area (Å²) >= 11 is 0. The molecule has 0 N–H and O–H groups in total. The van der Waals surface area contributed by atoms with Crippen LogP contribution < -0.4 is 10.4 Å². The summed E-state index contributed by atoms with van der Waals surface area (Å²) in [6.07, 6.45) is 0. The monoisotopic (exact) mass is 561 g/mol. The van der Waals surface area contributed by atoms with Crippen LogP contribution in [0.15, 0.2) is 182 Å². The zero-order chi connectivity index (χ0) is 29.7. The van der Waals surface area contributed by atoms with Crippen LogP contribution in [0.25, 0.3) is 44.5 Å². The second-order valence-electron chi connectivity index (χ2n) is 11.1. The summed E-state index contributed by atoms with van der Waals surface area (Å²) in [4.78, 5) is 2.36. The zero-order valence-corrected chi connectivity index (χ0v) is 24.8. The van der Waals surface area contributed by atoms with E-state index in [2.05, 4.69) is 195 Å². The second kappa shape index (κ2) is 12.3. The smallest absolute Gasteiger partial charge is 0.140 e. The average molecular weight is 562 g/mol. The highest BCUT2D eigenvalue weighted by Crippen LogP contribution is 2.38. The molecule has 0 aliphatic rings. The highest BCUT2D eigenvalue weighted by molar-refractivity contribution is 6.36. The van der Waals surface area contributed by atoms with Crippen molar-refractivity contribution in [3.63, 3.8) is 0 Å². The Hall–Kier alpha value is -5.60. The Morgan fingerprint density at radius 2 is 0.705 bits per heavy atom. The third-order valence-electron chi connectivity index (χ3n) is 8.23. The minimum Gasteiger partial charge on any atom is -0.310 e. The van der Waals surface area contributed by atoms with E-state index in [0.29, 0.717) is 0 Å². The largest absolute Gasteiger partial charge is 0.310 e. The lowest BCUT2D eigenvalue weighted by molar-refractivity contribution is 1.29. The lowest BCUT2D eigenvalue weighted by Gasteiger charge is -2.27. The number of anilines is 3. The lowest BCUT2D eigenvalue weighted by Crippen LogP contribution is -2.13. The minimum absolute atomic E-state index is 1.11. The summed E-state index contributed by atoms with van der Waals surface area (Å²) in [6.45, 7) is 0. The summed E-state index contributed by atoms with van der Waals surface area (Å²) in [5, 5.41) is 0. The van der Waals surface area contributed by atoms with E-state index in [4.69, 9.17) is 0 Å². The molecule has 0 fully saturated rings. The topological polar surface area (TPSA) is 3.24 Å². The van der Waals surface area contributed by atoms with Crippen molar-refractivity contribution in [1.29, 1.82) is 0 Å². The number of hydrogen-bond acceptors (Lipinski definition) is 1. The summed E-state index contributed by atoms with van der Waals surface area (Å²) in [5.41, 5.74) is 14.3. The molecule has 0 aromatic heterocycles. The lowest BCUT2D eigenvalue weighted by atomic mass is 9.86. The van der Waals surface area contributed by atoms with Gasteiger partial charge in [0.05, 0.1) is 0 Å². The van der Waals surface area contributed by atoms with Crippen molar-refractivity contribution in [3.8, 4) is 44.5 Å². The standard InChI is InChI=1S/C42H32BN/c43-42-28-27-40(30-41(42)36-15-8-3-9-16-36)44(38-25-23-34(24-26-38)32-13-6-2-7-14-32)39-18-10-17-37(29-39)35-21-19-33(20-22-35)31-11-4-1-5-12-31/h1-30H,43H2. The predicted molar refractivity (Wildman–Crippen MR) is 191 cm³/mol. The van der Waals surface area contributed by atoms with Crippen LogP contribution in [-0.2, 0) is 0 Å². The van der Waals surface area contributed by atoms with Gasteiger partial charge in [0.1, 0.15) is 7.85 Å².